The van der Waals surface area contributed by atoms with Gasteiger partial charge >= 0.3 is 0 Å². The first-order valence-corrected chi connectivity index (χ1v) is 3.34. The molecule has 2 saturated heterocycles. The van der Waals surface area contributed by atoms with Gasteiger partial charge in [0, 0.05) is 19.1 Å². The third kappa shape index (κ3) is 0.501. The van der Waals surface area contributed by atoms with Crippen LogP contribution in [-0.2, 0) is 0 Å². The lowest BCUT2D eigenvalue weighted by Gasteiger charge is -2.16. The van der Waals surface area contributed by atoms with Crippen LogP contribution >= 0.6 is 0 Å². The van der Waals surface area contributed by atoms with Crippen molar-refractivity contribution in [1.29, 1.82) is 0 Å². The molecule has 2 aliphatic rings. The number of hydrogen-bond donors (Lipinski definition) is 1. The van der Waals surface area contributed by atoms with E-state index in [1.54, 1.807) is 0 Å². The molecule has 2 heterocycles. The van der Waals surface area contributed by atoms with Crippen molar-refractivity contribution >= 4 is 0 Å². The minimum atomic E-state index is 0.503. The van der Waals surface area contributed by atoms with Crippen molar-refractivity contribution in [2.45, 2.75) is 12.5 Å². The zero-order valence-electron chi connectivity index (χ0n) is 5.01. The van der Waals surface area contributed by atoms with E-state index in [-0.39, 0.29) is 0 Å². The number of rotatable bonds is 0. The highest BCUT2D eigenvalue weighted by atomic mass is 15.2. The molecule has 46 valence electrons. The first-order chi connectivity index (χ1) is 3.86. The van der Waals surface area contributed by atoms with Crippen LogP contribution in [0, 0.1) is 5.92 Å². The smallest absolute Gasteiger partial charge is 0.0209 e. The molecular weight excluding hydrogens is 100 g/mol. The molecule has 2 heteroatoms. The summed E-state index contributed by atoms with van der Waals surface area (Å²) in [7, 11) is 0. The molecule has 0 aromatic rings. The van der Waals surface area contributed by atoms with Crippen LogP contribution in [0.4, 0.5) is 0 Å². The molecule has 8 heavy (non-hydrogen) atoms. The Balaban J connectivity index is 2.11. The Morgan fingerprint density at radius 3 is 2.50 bits per heavy atom. The average molecular weight is 112 g/mol. The summed E-state index contributed by atoms with van der Waals surface area (Å²) in [6.07, 6.45) is 1.35. The molecule has 0 spiro atoms. The molecular formula is C6H12N2. The van der Waals surface area contributed by atoms with Crippen molar-refractivity contribution in [3.8, 4) is 0 Å². The Morgan fingerprint density at radius 1 is 1.38 bits per heavy atom. The lowest BCUT2D eigenvalue weighted by atomic mass is 10.0. The highest BCUT2D eigenvalue weighted by Crippen LogP contribution is 2.25. The molecule has 2 aliphatic heterocycles. The van der Waals surface area contributed by atoms with Crippen LogP contribution in [0.15, 0.2) is 0 Å². The topological polar surface area (TPSA) is 29.3 Å². The Labute approximate surface area is 49.7 Å². The van der Waals surface area contributed by atoms with E-state index in [9.17, 15) is 0 Å². The third-order valence-electron chi connectivity index (χ3n) is 2.38. The molecule has 0 amide bonds. The maximum Gasteiger partial charge on any atom is 0.0209 e. The standard InChI is InChI=1S/C6H12N2/c7-6-4-8-2-1-5(6)3-8/h5-6H,1-4,7H2/t5-,6?/m1/s1. The van der Waals surface area contributed by atoms with Crippen molar-refractivity contribution in [2.75, 3.05) is 19.6 Å². The maximum absolute atomic E-state index is 5.78. The molecule has 0 saturated carbocycles. The van der Waals surface area contributed by atoms with Gasteiger partial charge in [0.2, 0.25) is 0 Å². The number of fused-ring (bicyclic) bond motifs is 2. The summed E-state index contributed by atoms with van der Waals surface area (Å²) in [5.74, 6) is 0.843. The van der Waals surface area contributed by atoms with Crippen LogP contribution in [0.5, 0.6) is 0 Å². The van der Waals surface area contributed by atoms with E-state index in [4.69, 9.17) is 5.73 Å². The number of piperidine rings is 1. The van der Waals surface area contributed by atoms with E-state index in [0.717, 1.165) is 12.5 Å². The molecule has 3 atom stereocenters. The molecule has 2 nitrogen and oxygen atoms in total. The Morgan fingerprint density at radius 2 is 2.25 bits per heavy atom. The van der Waals surface area contributed by atoms with E-state index in [1.165, 1.54) is 19.5 Å². The Hall–Kier alpha value is -0.0800. The molecule has 2 unspecified atom stereocenters. The Kier molecular flexibility index (Phi) is 0.866. The summed E-state index contributed by atoms with van der Waals surface area (Å²) in [4.78, 5) is 2.45. The largest absolute Gasteiger partial charge is 0.326 e. The molecule has 0 aromatic carbocycles. The van der Waals surface area contributed by atoms with Gasteiger partial charge in [0.1, 0.15) is 0 Å². The quantitative estimate of drug-likeness (QED) is 0.464. The van der Waals surface area contributed by atoms with E-state index in [1.807, 2.05) is 0 Å². The number of hydrogen-bond acceptors (Lipinski definition) is 2. The zero-order chi connectivity index (χ0) is 5.56. The first-order valence-electron chi connectivity index (χ1n) is 3.34. The van der Waals surface area contributed by atoms with Gasteiger partial charge in [-0.2, -0.15) is 0 Å². The van der Waals surface area contributed by atoms with Gasteiger partial charge in [0.15, 0.2) is 0 Å². The van der Waals surface area contributed by atoms with Crippen molar-refractivity contribution in [3.05, 3.63) is 0 Å². The summed E-state index contributed by atoms with van der Waals surface area (Å²) in [6, 6.07) is 0.503. The summed E-state index contributed by atoms with van der Waals surface area (Å²) in [5.41, 5.74) is 5.78. The van der Waals surface area contributed by atoms with Gasteiger partial charge in [-0.25, -0.2) is 0 Å². The maximum atomic E-state index is 5.78. The van der Waals surface area contributed by atoms with Crippen LogP contribution < -0.4 is 5.73 Å². The van der Waals surface area contributed by atoms with Crippen LogP contribution in [0.2, 0.25) is 0 Å². The molecule has 2 fully saturated rings. The molecule has 0 aliphatic carbocycles. The third-order valence-corrected chi connectivity index (χ3v) is 2.38. The van der Waals surface area contributed by atoms with Gasteiger partial charge in [-0.05, 0) is 18.9 Å². The van der Waals surface area contributed by atoms with Crippen LogP contribution in [0.1, 0.15) is 6.42 Å². The first kappa shape index (κ1) is 4.77. The second kappa shape index (κ2) is 1.45. The second-order valence-corrected chi connectivity index (χ2v) is 2.97. The summed E-state index contributed by atoms with van der Waals surface area (Å²) in [5, 5.41) is 0. The molecule has 2 rings (SSSR count). The number of nitrogens with zero attached hydrogens (tertiary/aromatic N) is 1. The van der Waals surface area contributed by atoms with Gasteiger partial charge in [-0.3, -0.25) is 0 Å². The summed E-state index contributed by atoms with van der Waals surface area (Å²) < 4.78 is 0. The normalized spacial score (nSPS) is 52.9. The molecule has 0 aromatic heterocycles. The van der Waals surface area contributed by atoms with Crippen molar-refractivity contribution in [2.24, 2.45) is 11.7 Å². The average Bonchev–Trinajstić information content (AvgIpc) is 2.23. The van der Waals surface area contributed by atoms with E-state index < -0.39 is 0 Å². The van der Waals surface area contributed by atoms with Gasteiger partial charge in [0.25, 0.3) is 0 Å². The van der Waals surface area contributed by atoms with Crippen LogP contribution in [0.3, 0.4) is 0 Å². The number of nitrogens with two attached hydrogens (primary N) is 1. The molecule has 2 N–H and O–H groups in total. The second-order valence-electron chi connectivity index (χ2n) is 2.97. The lowest BCUT2D eigenvalue weighted by Crippen LogP contribution is -2.34. The van der Waals surface area contributed by atoms with Gasteiger partial charge in [0.05, 0.1) is 0 Å². The predicted molar refractivity (Wildman–Crippen MR) is 32.5 cm³/mol. The SMILES string of the molecule is NC1CN2CC[C@@H]1C2. The fourth-order valence-electron chi connectivity index (χ4n) is 1.83. The minimum Gasteiger partial charge on any atom is -0.326 e. The predicted octanol–water partition coefficient (Wildman–Crippen LogP) is -0.351. The minimum absolute atomic E-state index is 0.503. The fourth-order valence-corrected chi connectivity index (χ4v) is 1.83. The summed E-state index contributed by atoms with van der Waals surface area (Å²) in [6.45, 7) is 3.74. The van der Waals surface area contributed by atoms with Gasteiger partial charge in [-0.15, -0.1) is 0 Å². The fraction of sp³-hybridized carbons (Fsp3) is 1.00. The van der Waals surface area contributed by atoms with Gasteiger partial charge < -0.3 is 10.6 Å². The lowest BCUT2D eigenvalue weighted by molar-refractivity contribution is 0.346. The molecule has 0 radical (unpaired) electrons. The monoisotopic (exact) mass is 112 g/mol. The Bertz CT molecular complexity index is 101. The van der Waals surface area contributed by atoms with E-state index in [0.29, 0.717) is 6.04 Å². The zero-order valence-corrected chi connectivity index (χ0v) is 5.01. The highest BCUT2D eigenvalue weighted by molar-refractivity contribution is 4.92. The highest BCUT2D eigenvalue weighted by Gasteiger charge is 2.35. The van der Waals surface area contributed by atoms with Crippen molar-refractivity contribution < 1.29 is 0 Å². The van der Waals surface area contributed by atoms with E-state index >= 15 is 0 Å². The van der Waals surface area contributed by atoms with E-state index in [2.05, 4.69) is 4.90 Å². The van der Waals surface area contributed by atoms with Crippen molar-refractivity contribution in [3.63, 3.8) is 0 Å². The van der Waals surface area contributed by atoms with Gasteiger partial charge in [-0.1, -0.05) is 0 Å². The summed E-state index contributed by atoms with van der Waals surface area (Å²) >= 11 is 0. The van der Waals surface area contributed by atoms with Crippen LogP contribution in [-0.4, -0.2) is 30.6 Å². The van der Waals surface area contributed by atoms with Crippen molar-refractivity contribution in [1.82, 2.24) is 4.90 Å². The molecule has 2 bridgehead atoms. The van der Waals surface area contributed by atoms with Crippen LogP contribution in [0.25, 0.3) is 0 Å².